The molecule has 1 fully saturated rings. The minimum absolute atomic E-state index is 0.0235. The molecule has 2 amide bonds. The predicted molar refractivity (Wildman–Crippen MR) is 123 cm³/mol. The molecule has 0 saturated carbocycles. The predicted octanol–water partition coefficient (Wildman–Crippen LogP) is 2.56. The quantitative estimate of drug-likeness (QED) is 0.570. The molecule has 2 aromatic carbocycles. The summed E-state index contributed by atoms with van der Waals surface area (Å²) in [7, 11) is 3.07. The minimum atomic E-state index is -0.949. The van der Waals surface area contributed by atoms with Crippen molar-refractivity contribution in [2.45, 2.75) is 25.4 Å². The number of likely N-dealkylation sites (tertiary alicyclic amines) is 1. The number of carbonyl (C=O) groups excluding carboxylic acids is 2. The summed E-state index contributed by atoms with van der Waals surface area (Å²) in [6, 6.07) is 14.5. The van der Waals surface area contributed by atoms with E-state index in [1.165, 1.54) is 7.11 Å². The molecule has 1 aliphatic rings. The van der Waals surface area contributed by atoms with Crippen molar-refractivity contribution in [3.8, 4) is 17.2 Å². The van der Waals surface area contributed by atoms with E-state index in [4.69, 9.17) is 14.2 Å². The van der Waals surface area contributed by atoms with Crippen LogP contribution in [0.1, 0.15) is 30.9 Å². The van der Waals surface area contributed by atoms with Crippen LogP contribution in [0.4, 0.5) is 0 Å². The van der Waals surface area contributed by atoms with Gasteiger partial charge in [0.1, 0.15) is 17.2 Å². The van der Waals surface area contributed by atoms with Crippen LogP contribution in [0, 0.1) is 5.92 Å². The molecule has 8 heteroatoms. The average molecular weight is 457 g/mol. The van der Waals surface area contributed by atoms with Gasteiger partial charge >= 0.3 is 0 Å². The van der Waals surface area contributed by atoms with E-state index < -0.39 is 6.10 Å². The summed E-state index contributed by atoms with van der Waals surface area (Å²) in [5.41, 5.74) is 0.538. The van der Waals surface area contributed by atoms with Crippen molar-refractivity contribution in [1.82, 2.24) is 10.2 Å². The first-order valence-corrected chi connectivity index (χ1v) is 11.1. The maximum Gasteiger partial charge on any atom is 0.226 e. The van der Waals surface area contributed by atoms with Gasteiger partial charge < -0.3 is 29.5 Å². The molecule has 1 aliphatic heterocycles. The van der Waals surface area contributed by atoms with Crippen LogP contribution in [0.5, 0.6) is 17.2 Å². The van der Waals surface area contributed by atoms with Crippen molar-refractivity contribution < 1.29 is 28.9 Å². The number of nitrogens with one attached hydrogen (secondary N) is 1. The van der Waals surface area contributed by atoms with Crippen LogP contribution in [-0.2, 0) is 9.59 Å². The van der Waals surface area contributed by atoms with E-state index in [2.05, 4.69) is 5.32 Å². The third kappa shape index (κ3) is 6.86. The lowest BCUT2D eigenvalue weighted by atomic mass is 9.96. The molecule has 33 heavy (non-hydrogen) atoms. The van der Waals surface area contributed by atoms with Crippen LogP contribution < -0.4 is 19.5 Å². The van der Waals surface area contributed by atoms with Gasteiger partial charge in [0.05, 0.1) is 39.3 Å². The third-order valence-corrected chi connectivity index (χ3v) is 5.74. The van der Waals surface area contributed by atoms with Gasteiger partial charge in [-0.25, -0.2) is 0 Å². The minimum Gasteiger partial charge on any atom is -0.497 e. The zero-order valence-corrected chi connectivity index (χ0v) is 19.2. The first-order chi connectivity index (χ1) is 16.0. The Hall–Kier alpha value is -3.26. The van der Waals surface area contributed by atoms with E-state index in [1.54, 1.807) is 30.2 Å². The fourth-order valence-electron chi connectivity index (χ4n) is 3.90. The van der Waals surface area contributed by atoms with Crippen molar-refractivity contribution in [3.63, 3.8) is 0 Å². The Morgan fingerprint density at radius 2 is 1.91 bits per heavy atom. The summed E-state index contributed by atoms with van der Waals surface area (Å²) >= 11 is 0. The van der Waals surface area contributed by atoms with E-state index in [0.717, 1.165) is 12.2 Å². The van der Waals surface area contributed by atoms with Crippen molar-refractivity contribution in [1.29, 1.82) is 0 Å². The summed E-state index contributed by atoms with van der Waals surface area (Å²) < 4.78 is 16.1. The fourth-order valence-corrected chi connectivity index (χ4v) is 3.90. The second kappa shape index (κ2) is 12.1. The molecule has 1 saturated heterocycles. The topological polar surface area (TPSA) is 97.3 Å². The van der Waals surface area contributed by atoms with E-state index >= 15 is 0 Å². The number of aliphatic hydroxyl groups is 1. The molecule has 2 unspecified atom stereocenters. The largest absolute Gasteiger partial charge is 0.497 e. The molecule has 8 nitrogen and oxygen atoms in total. The summed E-state index contributed by atoms with van der Waals surface area (Å²) in [5, 5.41) is 13.4. The molecule has 2 N–H and O–H groups in total. The fraction of sp³-hybridized carbons (Fsp3) is 0.440. The van der Waals surface area contributed by atoms with Crippen molar-refractivity contribution in [2.75, 3.05) is 40.5 Å². The first-order valence-electron chi connectivity index (χ1n) is 11.1. The second-order valence-corrected chi connectivity index (χ2v) is 7.96. The van der Waals surface area contributed by atoms with Gasteiger partial charge in [0.15, 0.2) is 0 Å². The highest BCUT2D eigenvalue weighted by atomic mass is 16.5. The molecule has 178 valence electrons. The Morgan fingerprint density at radius 1 is 1.12 bits per heavy atom. The molecule has 0 aromatic heterocycles. The van der Waals surface area contributed by atoms with E-state index in [1.807, 2.05) is 30.3 Å². The van der Waals surface area contributed by atoms with Crippen molar-refractivity contribution >= 4 is 11.8 Å². The van der Waals surface area contributed by atoms with Gasteiger partial charge in [0.25, 0.3) is 0 Å². The van der Waals surface area contributed by atoms with E-state index in [-0.39, 0.29) is 30.7 Å². The molecule has 0 radical (unpaired) electrons. The van der Waals surface area contributed by atoms with Crippen LogP contribution in [0.3, 0.4) is 0 Å². The van der Waals surface area contributed by atoms with Crippen molar-refractivity contribution in [3.05, 3.63) is 54.1 Å². The summed E-state index contributed by atoms with van der Waals surface area (Å²) in [4.78, 5) is 27.1. The molecule has 2 aromatic rings. The highest BCUT2D eigenvalue weighted by molar-refractivity contribution is 5.81. The number of ether oxygens (including phenoxy) is 3. The van der Waals surface area contributed by atoms with Gasteiger partial charge in [-0.1, -0.05) is 18.2 Å². The van der Waals surface area contributed by atoms with Crippen LogP contribution in [0.25, 0.3) is 0 Å². The highest BCUT2D eigenvalue weighted by Gasteiger charge is 2.28. The maximum atomic E-state index is 12.7. The number of rotatable bonds is 10. The van der Waals surface area contributed by atoms with Crippen LogP contribution in [0.2, 0.25) is 0 Å². The van der Waals surface area contributed by atoms with Gasteiger partial charge in [-0.2, -0.15) is 0 Å². The standard InChI is InChI=1S/C25H32N2O6/c1-31-20-10-11-23(32-2)21(15-20)22(28)16-26-25(30)18-7-6-13-27(17-18)24(29)12-14-33-19-8-4-3-5-9-19/h3-5,8-11,15,18,22,28H,6-7,12-14,16-17H2,1-2H3,(H,26,30). The molecular weight excluding hydrogens is 424 g/mol. The Labute approximate surface area is 194 Å². The first kappa shape index (κ1) is 24.4. The lowest BCUT2D eigenvalue weighted by Gasteiger charge is -2.32. The second-order valence-electron chi connectivity index (χ2n) is 7.96. The number of nitrogens with zero attached hydrogens (tertiary/aromatic N) is 1. The number of hydrogen-bond acceptors (Lipinski definition) is 6. The number of para-hydroxylation sites is 1. The lowest BCUT2D eigenvalue weighted by molar-refractivity contribution is -0.136. The number of hydrogen-bond donors (Lipinski definition) is 2. The number of carbonyl (C=O) groups is 2. The van der Waals surface area contributed by atoms with Crippen LogP contribution in [-0.4, -0.2) is 62.3 Å². The molecule has 0 aliphatic carbocycles. The Bertz CT molecular complexity index is 920. The number of aliphatic hydroxyl groups excluding tert-OH is 1. The summed E-state index contributed by atoms with van der Waals surface area (Å²) in [6.07, 6.45) is 0.775. The van der Waals surface area contributed by atoms with Gasteiger partial charge in [-0.05, 0) is 43.2 Å². The normalized spacial score (nSPS) is 16.6. The zero-order chi connectivity index (χ0) is 23.6. The average Bonchev–Trinajstić information content (AvgIpc) is 2.87. The monoisotopic (exact) mass is 456 g/mol. The Morgan fingerprint density at radius 3 is 2.64 bits per heavy atom. The number of methoxy groups -OCH3 is 2. The number of benzene rings is 2. The van der Waals surface area contributed by atoms with Crippen LogP contribution in [0.15, 0.2) is 48.5 Å². The third-order valence-electron chi connectivity index (χ3n) is 5.74. The molecular formula is C25H32N2O6. The number of amides is 2. The Kier molecular flexibility index (Phi) is 8.95. The molecule has 3 rings (SSSR count). The summed E-state index contributed by atoms with van der Waals surface area (Å²) in [6.45, 7) is 1.34. The zero-order valence-electron chi connectivity index (χ0n) is 19.2. The maximum absolute atomic E-state index is 12.7. The van der Waals surface area contributed by atoms with E-state index in [0.29, 0.717) is 43.2 Å². The summed E-state index contributed by atoms with van der Waals surface area (Å²) in [5.74, 6) is 1.33. The van der Waals surface area contributed by atoms with Gasteiger partial charge in [0.2, 0.25) is 11.8 Å². The van der Waals surface area contributed by atoms with Crippen LogP contribution >= 0.6 is 0 Å². The van der Waals surface area contributed by atoms with Gasteiger partial charge in [-0.15, -0.1) is 0 Å². The van der Waals surface area contributed by atoms with Gasteiger partial charge in [-0.3, -0.25) is 9.59 Å². The molecule has 2 atom stereocenters. The smallest absolute Gasteiger partial charge is 0.226 e. The molecule has 1 heterocycles. The van der Waals surface area contributed by atoms with E-state index in [9.17, 15) is 14.7 Å². The molecule has 0 spiro atoms. The molecule has 0 bridgehead atoms. The number of piperidine rings is 1. The SMILES string of the molecule is COc1ccc(OC)c(C(O)CNC(=O)C2CCCN(C(=O)CCOc3ccccc3)C2)c1. The Balaban J connectivity index is 1.47. The van der Waals surface area contributed by atoms with Gasteiger partial charge in [0, 0.05) is 25.2 Å². The highest BCUT2D eigenvalue weighted by Crippen LogP contribution is 2.29. The lowest BCUT2D eigenvalue weighted by Crippen LogP contribution is -2.46. The van der Waals surface area contributed by atoms with Crippen molar-refractivity contribution in [2.24, 2.45) is 5.92 Å².